The topological polar surface area (TPSA) is 68.0 Å². The highest BCUT2D eigenvalue weighted by Gasteiger charge is 2.35. The molecule has 7 heteroatoms. The van der Waals surface area contributed by atoms with Gasteiger partial charge in [0.15, 0.2) is 0 Å². The second kappa shape index (κ2) is 8.17. The van der Waals surface area contributed by atoms with Crippen LogP contribution in [0.4, 0.5) is 0 Å². The van der Waals surface area contributed by atoms with Crippen molar-refractivity contribution in [3.8, 4) is 0 Å². The standard InChI is InChI=1S/C13H21N3OS.2ClH/c1-9-11(18-10(2)16-9)8-15-12(17)13(14)6-4-3-5-7-13;;/h3-8,14H2,1-2H3,(H,15,17);2*1H. The third kappa shape index (κ3) is 4.58. The van der Waals surface area contributed by atoms with Gasteiger partial charge in [-0.3, -0.25) is 4.79 Å². The summed E-state index contributed by atoms with van der Waals surface area (Å²) in [5.74, 6) is -0.00680. The second-order valence-electron chi connectivity index (χ2n) is 5.14. The molecule has 1 aliphatic rings. The van der Waals surface area contributed by atoms with E-state index in [1.54, 1.807) is 11.3 Å². The van der Waals surface area contributed by atoms with E-state index in [1.165, 1.54) is 6.42 Å². The molecule has 1 heterocycles. The molecule has 0 aliphatic heterocycles. The van der Waals surface area contributed by atoms with Gasteiger partial charge in [-0.15, -0.1) is 36.2 Å². The fourth-order valence-electron chi connectivity index (χ4n) is 2.48. The normalized spacial score (nSPS) is 16.8. The van der Waals surface area contributed by atoms with Gasteiger partial charge in [-0.1, -0.05) is 19.3 Å². The summed E-state index contributed by atoms with van der Waals surface area (Å²) in [4.78, 5) is 17.6. The molecule has 1 aromatic heterocycles. The average Bonchev–Trinajstić information content (AvgIpc) is 2.65. The summed E-state index contributed by atoms with van der Waals surface area (Å²) in [6.07, 6.45) is 4.92. The highest BCUT2D eigenvalue weighted by atomic mass is 35.5. The number of nitrogens with zero attached hydrogens (tertiary/aromatic N) is 1. The zero-order valence-corrected chi connectivity index (χ0v) is 14.3. The number of nitrogens with two attached hydrogens (primary N) is 1. The first-order valence-corrected chi connectivity index (χ1v) is 7.33. The van der Waals surface area contributed by atoms with Gasteiger partial charge in [0.25, 0.3) is 0 Å². The van der Waals surface area contributed by atoms with Crippen molar-refractivity contribution in [1.29, 1.82) is 0 Å². The molecule has 1 aromatic rings. The first-order chi connectivity index (χ1) is 8.51. The summed E-state index contributed by atoms with van der Waals surface area (Å²) in [5.41, 5.74) is 6.55. The SMILES string of the molecule is Cc1nc(C)c(CNC(=O)C2(N)CCCCC2)s1.Cl.Cl. The molecule has 116 valence electrons. The van der Waals surface area contributed by atoms with Crippen molar-refractivity contribution in [2.45, 2.75) is 58.0 Å². The lowest BCUT2D eigenvalue weighted by atomic mass is 9.82. The molecule has 4 nitrogen and oxygen atoms in total. The summed E-state index contributed by atoms with van der Waals surface area (Å²) in [5, 5.41) is 4.01. The third-order valence-electron chi connectivity index (χ3n) is 3.61. The Hall–Kier alpha value is -0.360. The van der Waals surface area contributed by atoms with Crippen molar-refractivity contribution in [1.82, 2.24) is 10.3 Å². The van der Waals surface area contributed by atoms with E-state index < -0.39 is 5.54 Å². The number of amides is 1. The van der Waals surface area contributed by atoms with Crippen molar-refractivity contribution in [2.75, 3.05) is 0 Å². The number of aryl methyl sites for hydroxylation is 2. The van der Waals surface area contributed by atoms with Crippen LogP contribution < -0.4 is 11.1 Å². The molecule has 0 unspecified atom stereocenters. The van der Waals surface area contributed by atoms with E-state index in [2.05, 4.69) is 10.3 Å². The molecule has 1 aliphatic carbocycles. The maximum absolute atomic E-state index is 12.2. The van der Waals surface area contributed by atoms with E-state index in [0.29, 0.717) is 6.54 Å². The van der Waals surface area contributed by atoms with Gasteiger partial charge in [0.1, 0.15) is 0 Å². The minimum atomic E-state index is -0.647. The van der Waals surface area contributed by atoms with Crippen LogP contribution in [0.25, 0.3) is 0 Å². The fraction of sp³-hybridized carbons (Fsp3) is 0.692. The van der Waals surface area contributed by atoms with E-state index in [9.17, 15) is 4.79 Å². The maximum Gasteiger partial charge on any atom is 0.240 e. The number of nitrogens with one attached hydrogen (secondary N) is 1. The molecule has 1 amide bonds. The molecule has 1 saturated carbocycles. The molecular formula is C13H23Cl2N3OS. The Morgan fingerprint density at radius 1 is 1.30 bits per heavy atom. The van der Waals surface area contributed by atoms with Crippen LogP contribution in [0, 0.1) is 13.8 Å². The van der Waals surface area contributed by atoms with Crippen molar-refractivity contribution in [3.05, 3.63) is 15.6 Å². The van der Waals surface area contributed by atoms with Crippen LogP contribution in [0.1, 0.15) is 47.7 Å². The Morgan fingerprint density at radius 3 is 2.40 bits per heavy atom. The fourth-order valence-corrected chi connectivity index (χ4v) is 3.36. The molecule has 1 fully saturated rings. The summed E-state index contributed by atoms with van der Waals surface area (Å²) >= 11 is 1.64. The Balaban J connectivity index is 0.00000180. The number of carbonyl (C=O) groups excluding carboxylic acids is 1. The number of rotatable bonds is 3. The minimum absolute atomic E-state index is 0. The summed E-state index contributed by atoms with van der Waals surface area (Å²) in [6, 6.07) is 0. The Labute approximate surface area is 136 Å². The first-order valence-electron chi connectivity index (χ1n) is 6.51. The van der Waals surface area contributed by atoms with E-state index in [-0.39, 0.29) is 30.7 Å². The molecule has 20 heavy (non-hydrogen) atoms. The van der Waals surface area contributed by atoms with Gasteiger partial charge >= 0.3 is 0 Å². The van der Waals surface area contributed by atoms with Gasteiger partial charge in [-0.05, 0) is 26.7 Å². The monoisotopic (exact) mass is 339 g/mol. The predicted molar refractivity (Wildman–Crippen MR) is 87.9 cm³/mol. The van der Waals surface area contributed by atoms with E-state index in [0.717, 1.165) is 41.3 Å². The van der Waals surface area contributed by atoms with Gasteiger partial charge < -0.3 is 11.1 Å². The van der Waals surface area contributed by atoms with Gasteiger partial charge in [0.2, 0.25) is 5.91 Å². The van der Waals surface area contributed by atoms with Crippen LogP contribution in [0.15, 0.2) is 0 Å². The second-order valence-corrected chi connectivity index (χ2v) is 6.43. The zero-order chi connectivity index (χ0) is 13.2. The van der Waals surface area contributed by atoms with Crippen LogP contribution in [-0.4, -0.2) is 16.4 Å². The highest BCUT2D eigenvalue weighted by molar-refractivity contribution is 7.11. The van der Waals surface area contributed by atoms with Crippen LogP contribution in [0.3, 0.4) is 0 Å². The van der Waals surface area contributed by atoms with Crippen molar-refractivity contribution in [3.63, 3.8) is 0 Å². The van der Waals surface area contributed by atoms with Crippen LogP contribution in [0.5, 0.6) is 0 Å². The largest absolute Gasteiger partial charge is 0.350 e. The third-order valence-corrected chi connectivity index (χ3v) is 4.68. The van der Waals surface area contributed by atoms with Crippen molar-refractivity contribution < 1.29 is 4.79 Å². The Kier molecular flexibility index (Phi) is 8.03. The predicted octanol–water partition coefficient (Wildman–Crippen LogP) is 2.88. The summed E-state index contributed by atoms with van der Waals surface area (Å²) in [6.45, 7) is 4.51. The molecule has 0 saturated heterocycles. The summed E-state index contributed by atoms with van der Waals surface area (Å²) in [7, 11) is 0. The molecule has 3 N–H and O–H groups in total. The van der Waals surface area contributed by atoms with Crippen LogP contribution in [0.2, 0.25) is 0 Å². The van der Waals surface area contributed by atoms with Crippen LogP contribution in [-0.2, 0) is 11.3 Å². The molecule has 0 radical (unpaired) electrons. The molecular weight excluding hydrogens is 317 g/mol. The average molecular weight is 340 g/mol. The minimum Gasteiger partial charge on any atom is -0.350 e. The molecule has 0 aromatic carbocycles. The van der Waals surface area contributed by atoms with Crippen molar-refractivity contribution >= 4 is 42.1 Å². The van der Waals surface area contributed by atoms with Gasteiger partial charge in [-0.2, -0.15) is 0 Å². The Morgan fingerprint density at radius 2 is 1.90 bits per heavy atom. The lowest BCUT2D eigenvalue weighted by molar-refractivity contribution is -0.127. The summed E-state index contributed by atoms with van der Waals surface area (Å²) < 4.78 is 0. The molecule has 0 spiro atoms. The Bertz CT molecular complexity index is 445. The van der Waals surface area contributed by atoms with Crippen LogP contribution >= 0.6 is 36.2 Å². The van der Waals surface area contributed by atoms with E-state index >= 15 is 0 Å². The number of hydrogen-bond donors (Lipinski definition) is 2. The molecule has 0 bridgehead atoms. The first kappa shape index (κ1) is 19.6. The number of aromatic nitrogens is 1. The molecule has 2 rings (SSSR count). The zero-order valence-electron chi connectivity index (χ0n) is 11.9. The number of thiazole rings is 1. The number of hydrogen-bond acceptors (Lipinski definition) is 4. The van der Waals surface area contributed by atoms with Gasteiger partial charge in [0.05, 0.1) is 22.8 Å². The highest BCUT2D eigenvalue weighted by Crippen LogP contribution is 2.26. The van der Waals surface area contributed by atoms with Gasteiger partial charge in [-0.25, -0.2) is 4.98 Å². The van der Waals surface area contributed by atoms with Gasteiger partial charge in [0, 0.05) is 4.88 Å². The lowest BCUT2D eigenvalue weighted by Gasteiger charge is -2.31. The smallest absolute Gasteiger partial charge is 0.240 e. The number of carbonyl (C=O) groups is 1. The van der Waals surface area contributed by atoms with Crippen molar-refractivity contribution in [2.24, 2.45) is 5.73 Å². The van der Waals surface area contributed by atoms with E-state index in [4.69, 9.17) is 5.73 Å². The number of halogens is 2. The molecule has 0 atom stereocenters. The quantitative estimate of drug-likeness (QED) is 0.889. The lowest BCUT2D eigenvalue weighted by Crippen LogP contribution is -2.54. The van der Waals surface area contributed by atoms with E-state index in [1.807, 2.05) is 13.8 Å². The maximum atomic E-state index is 12.2.